The maximum absolute atomic E-state index is 5.89. The maximum Gasteiger partial charge on any atom is 0.119 e. The van der Waals surface area contributed by atoms with Crippen molar-refractivity contribution >= 4 is 5.69 Å². The molecule has 0 saturated carbocycles. The molecule has 1 N–H and O–H groups in total. The SMILES string of the molecule is CCCCCCOc1ccc2c(c1)C(C)CC(C)(C)N2. The molecule has 0 spiro atoms. The molecule has 1 aromatic rings. The lowest BCUT2D eigenvalue weighted by Crippen LogP contribution is -2.36. The molecule has 1 aliphatic heterocycles. The second kappa shape index (κ2) is 6.51. The van der Waals surface area contributed by atoms with E-state index in [1.807, 2.05) is 0 Å². The zero-order valence-electron chi connectivity index (χ0n) is 13.5. The van der Waals surface area contributed by atoms with Crippen molar-refractivity contribution in [1.29, 1.82) is 0 Å². The smallest absolute Gasteiger partial charge is 0.119 e. The summed E-state index contributed by atoms with van der Waals surface area (Å²) in [7, 11) is 0. The van der Waals surface area contributed by atoms with E-state index in [0.29, 0.717) is 5.92 Å². The molecule has 1 atom stereocenters. The maximum atomic E-state index is 5.89. The van der Waals surface area contributed by atoms with Crippen molar-refractivity contribution in [3.8, 4) is 5.75 Å². The van der Waals surface area contributed by atoms with Crippen LogP contribution in [0.4, 0.5) is 5.69 Å². The number of nitrogens with one attached hydrogen (secondary N) is 1. The molecule has 0 fully saturated rings. The van der Waals surface area contributed by atoms with Crippen LogP contribution in [0.1, 0.15) is 71.3 Å². The van der Waals surface area contributed by atoms with Gasteiger partial charge in [-0.2, -0.15) is 0 Å². The van der Waals surface area contributed by atoms with Gasteiger partial charge in [-0.3, -0.25) is 0 Å². The van der Waals surface area contributed by atoms with E-state index in [-0.39, 0.29) is 5.54 Å². The number of rotatable bonds is 6. The highest BCUT2D eigenvalue weighted by Gasteiger charge is 2.29. The molecule has 20 heavy (non-hydrogen) atoms. The number of hydrogen-bond donors (Lipinski definition) is 1. The van der Waals surface area contributed by atoms with Gasteiger partial charge in [0.1, 0.15) is 5.75 Å². The van der Waals surface area contributed by atoms with Crippen LogP contribution < -0.4 is 10.1 Å². The summed E-state index contributed by atoms with van der Waals surface area (Å²) in [5.74, 6) is 1.61. The summed E-state index contributed by atoms with van der Waals surface area (Å²) in [6, 6.07) is 6.50. The van der Waals surface area contributed by atoms with Crippen molar-refractivity contribution in [2.75, 3.05) is 11.9 Å². The second-order valence-corrected chi connectivity index (χ2v) is 6.77. The van der Waals surface area contributed by atoms with Gasteiger partial charge in [0.15, 0.2) is 0 Å². The van der Waals surface area contributed by atoms with E-state index in [9.17, 15) is 0 Å². The van der Waals surface area contributed by atoms with Crippen molar-refractivity contribution in [1.82, 2.24) is 0 Å². The molecule has 0 radical (unpaired) electrons. The summed E-state index contributed by atoms with van der Waals surface area (Å²) >= 11 is 0. The van der Waals surface area contributed by atoms with Crippen LogP contribution in [-0.2, 0) is 0 Å². The van der Waals surface area contributed by atoms with Gasteiger partial charge in [0.05, 0.1) is 6.61 Å². The molecule has 112 valence electrons. The van der Waals surface area contributed by atoms with Gasteiger partial charge in [-0.25, -0.2) is 0 Å². The molecule has 0 aromatic heterocycles. The largest absolute Gasteiger partial charge is 0.494 e. The van der Waals surface area contributed by atoms with Crippen LogP contribution in [0.2, 0.25) is 0 Å². The van der Waals surface area contributed by atoms with E-state index in [1.165, 1.54) is 36.9 Å². The topological polar surface area (TPSA) is 21.3 Å². The number of anilines is 1. The lowest BCUT2D eigenvalue weighted by atomic mass is 9.82. The van der Waals surface area contributed by atoms with Crippen LogP contribution in [0.5, 0.6) is 5.75 Å². The van der Waals surface area contributed by atoms with Gasteiger partial charge < -0.3 is 10.1 Å². The molecule has 0 saturated heterocycles. The molecule has 2 nitrogen and oxygen atoms in total. The van der Waals surface area contributed by atoms with Gasteiger partial charge in [-0.05, 0) is 56.4 Å². The van der Waals surface area contributed by atoms with E-state index in [1.54, 1.807) is 0 Å². The predicted octanol–water partition coefficient (Wildman–Crippen LogP) is 5.34. The van der Waals surface area contributed by atoms with E-state index < -0.39 is 0 Å². The van der Waals surface area contributed by atoms with Crippen molar-refractivity contribution in [3.05, 3.63) is 23.8 Å². The van der Waals surface area contributed by atoms with Crippen molar-refractivity contribution in [2.24, 2.45) is 0 Å². The fourth-order valence-corrected chi connectivity index (χ4v) is 3.16. The average Bonchev–Trinajstić information content (AvgIpc) is 2.38. The number of hydrogen-bond acceptors (Lipinski definition) is 2. The molecular weight excluding hydrogens is 246 g/mol. The van der Waals surface area contributed by atoms with E-state index >= 15 is 0 Å². The van der Waals surface area contributed by atoms with E-state index in [0.717, 1.165) is 18.8 Å². The molecule has 1 unspecified atom stereocenters. The molecule has 1 aromatic carbocycles. The van der Waals surface area contributed by atoms with Crippen LogP contribution in [-0.4, -0.2) is 12.1 Å². The Labute approximate surface area is 123 Å². The number of benzene rings is 1. The van der Waals surface area contributed by atoms with Crippen molar-refractivity contribution in [2.45, 2.75) is 71.3 Å². The highest BCUT2D eigenvalue weighted by molar-refractivity contribution is 5.59. The lowest BCUT2D eigenvalue weighted by molar-refractivity contribution is 0.304. The monoisotopic (exact) mass is 275 g/mol. The number of ether oxygens (including phenoxy) is 1. The normalized spacial score (nSPS) is 20.1. The van der Waals surface area contributed by atoms with Gasteiger partial charge in [0.25, 0.3) is 0 Å². The highest BCUT2D eigenvalue weighted by atomic mass is 16.5. The first-order valence-corrected chi connectivity index (χ1v) is 8.07. The number of fused-ring (bicyclic) bond motifs is 1. The summed E-state index contributed by atoms with van der Waals surface area (Å²) in [6.07, 6.45) is 6.18. The first-order chi connectivity index (χ1) is 9.52. The Kier molecular flexibility index (Phi) is 4.95. The summed E-state index contributed by atoms with van der Waals surface area (Å²) in [4.78, 5) is 0. The first kappa shape index (κ1) is 15.2. The van der Waals surface area contributed by atoms with Crippen LogP contribution in [0, 0.1) is 0 Å². The third-order valence-corrected chi connectivity index (χ3v) is 4.11. The van der Waals surface area contributed by atoms with Crippen molar-refractivity contribution < 1.29 is 4.74 Å². The average molecular weight is 275 g/mol. The minimum Gasteiger partial charge on any atom is -0.494 e. The second-order valence-electron chi connectivity index (χ2n) is 6.77. The highest BCUT2D eigenvalue weighted by Crippen LogP contribution is 2.40. The summed E-state index contributed by atoms with van der Waals surface area (Å²) in [6.45, 7) is 9.92. The lowest BCUT2D eigenvalue weighted by Gasteiger charge is -2.37. The molecular formula is C18H29NO. The molecule has 2 heteroatoms. The third-order valence-electron chi connectivity index (χ3n) is 4.11. The molecule has 2 rings (SSSR count). The Bertz CT molecular complexity index is 439. The summed E-state index contributed by atoms with van der Waals surface area (Å²) in [5.41, 5.74) is 2.86. The Morgan fingerprint density at radius 3 is 2.80 bits per heavy atom. The Hall–Kier alpha value is -1.18. The third kappa shape index (κ3) is 3.91. The van der Waals surface area contributed by atoms with Crippen molar-refractivity contribution in [3.63, 3.8) is 0 Å². The molecule has 0 amide bonds. The summed E-state index contributed by atoms with van der Waals surface area (Å²) in [5, 5.41) is 3.62. The molecule has 0 aliphatic carbocycles. The van der Waals surface area contributed by atoms with Gasteiger partial charge in [0.2, 0.25) is 0 Å². The zero-order valence-corrected chi connectivity index (χ0v) is 13.5. The quantitative estimate of drug-likeness (QED) is 0.707. The van der Waals surface area contributed by atoms with Gasteiger partial charge in [0, 0.05) is 11.2 Å². The Morgan fingerprint density at radius 1 is 1.25 bits per heavy atom. The van der Waals surface area contributed by atoms with Crippen LogP contribution >= 0.6 is 0 Å². The minimum absolute atomic E-state index is 0.189. The van der Waals surface area contributed by atoms with E-state index in [4.69, 9.17) is 4.74 Å². The van der Waals surface area contributed by atoms with Gasteiger partial charge in [-0.15, -0.1) is 0 Å². The number of unbranched alkanes of at least 4 members (excludes halogenated alkanes) is 3. The van der Waals surface area contributed by atoms with Crippen LogP contribution in [0.25, 0.3) is 0 Å². The molecule has 1 heterocycles. The van der Waals surface area contributed by atoms with Crippen LogP contribution in [0.3, 0.4) is 0 Å². The Morgan fingerprint density at radius 2 is 2.05 bits per heavy atom. The van der Waals surface area contributed by atoms with E-state index in [2.05, 4.69) is 51.2 Å². The van der Waals surface area contributed by atoms with Gasteiger partial charge in [-0.1, -0.05) is 33.1 Å². The van der Waals surface area contributed by atoms with Gasteiger partial charge >= 0.3 is 0 Å². The molecule has 1 aliphatic rings. The minimum atomic E-state index is 0.189. The van der Waals surface area contributed by atoms with Crippen LogP contribution in [0.15, 0.2) is 18.2 Å². The fourth-order valence-electron chi connectivity index (χ4n) is 3.16. The standard InChI is InChI=1S/C18H29NO/c1-5-6-7-8-11-20-15-9-10-17-16(12-15)14(2)13-18(3,4)19-17/h9-10,12,14,19H,5-8,11,13H2,1-4H3. The molecule has 0 bridgehead atoms. The summed E-state index contributed by atoms with van der Waals surface area (Å²) < 4.78 is 5.89. The Balaban J connectivity index is 1.96. The first-order valence-electron chi connectivity index (χ1n) is 8.07. The predicted molar refractivity (Wildman–Crippen MR) is 86.8 cm³/mol. The fraction of sp³-hybridized carbons (Fsp3) is 0.667. The zero-order chi connectivity index (χ0) is 14.6.